The Morgan fingerprint density at radius 2 is 1.20 bits per heavy atom. The van der Waals surface area contributed by atoms with Gasteiger partial charge in [0.1, 0.15) is 22.7 Å². The Kier molecular flexibility index (Phi) is 8.93. The Morgan fingerprint density at radius 3 is 1.95 bits per heavy atom. The maximum Gasteiger partial charge on any atom is 0.149 e. The van der Waals surface area contributed by atoms with Crippen LogP contribution in [0.3, 0.4) is 0 Å². The SMILES string of the molecule is CC(C)(C)c1ccc(-n2c(-c3cc(C(C)(C)C)cc(C(C)(C)C)c3O)nc3c(-c4cccc(-c5cc6oc7ccccc7c6cn5)c4)cccc32)c(-c2ccccc2)c1. The second-order valence-corrected chi connectivity index (χ2v) is 19.0. The lowest BCUT2D eigenvalue weighted by Crippen LogP contribution is -2.17. The minimum absolute atomic E-state index is 0.0647. The summed E-state index contributed by atoms with van der Waals surface area (Å²) in [5, 5.41) is 14.5. The van der Waals surface area contributed by atoms with Gasteiger partial charge < -0.3 is 9.52 Å². The van der Waals surface area contributed by atoms with Crippen molar-refractivity contribution in [3.63, 3.8) is 0 Å². The molecule has 0 bridgehead atoms. The second-order valence-electron chi connectivity index (χ2n) is 19.0. The molecule has 294 valence electrons. The lowest BCUT2D eigenvalue weighted by Gasteiger charge is -2.28. The Bertz CT molecular complexity index is 3050. The van der Waals surface area contributed by atoms with Crippen molar-refractivity contribution in [2.75, 3.05) is 0 Å². The average molecular weight is 774 g/mol. The Balaban J connectivity index is 1.32. The largest absolute Gasteiger partial charge is 0.507 e. The van der Waals surface area contributed by atoms with Crippen LogP contribution in [0.25, 0.3) is 83.6 Å². The first-order valence-corrected chi connectivity index (χ1v) is 20.5. The number of hydrogen-bond donors (Lipinski definition) is 1. The zero-order valence-electron chi connectivity index (χ0n) is 35.5. The standard InChI is InChI=1S/C54H51N3O2/c1-52(2,3)36-25-26-45(40(28-36)33-17-11-10-12-18-33)57-46-23-16-22-38(49(46)56-51(57)41-29-37(53(4,5)6)30-43(50(41)58)54(7,8)9)34-19-15-20-35(27-34)44-31-48-42(32-55-44)39-21-13-14-24-47(39)59-48/h10-32,58H,1-9H3. The van der Waals surface area contributed by atoms with Gasteiger partial charge in [-0.3, -0.25) is 9.55 Å². The smallest absolute Gasteiger partial charge is 0.149 e. The van der Waals surface area contributed by atoms with Crippen LogP contribution in [0.5, 0.6) is 5.75 Å². The molecule has 0 aliphatic heterocycles. The van der Waals surface area contributed by atoms with E-state index in [2.05, 4.69) is 176 Å². The first kappa shape index (κ1) is 38.1. The van der Waals surface area contributed by atoms with Crippen molar-refractivity contribution in [1.82, 2.24) is 14.5 Å². The molecule has 0 aliphatic carbocycles. The van der Waals surface area contributed by atoms with Crippen LogP contribution in [0.2, 0.25) is 0 Å². The van der Waals surface area contributed by atoms with Crippen LogP contribution in [-0.4, -0.2) is 19.6 Å². The van der Waals surface area contributed by atoms with Gasteiger partial charge in [0.2, 0.25) is 0 Å². The molecule has 0 radical (unpaired) electrons. The Hall–Kier alpha value is -6.46. The monoisotopic (exact) mass is 773 g/mol. The lowest BCUT2D eigenvalue weighted by atomic mass is 9.79. The number of phenols is 1. The van der Waals surface area contributed by atoms with E-state index in [0.29, 0.717) is 11.4 Å². The highest BCUT2D eigenvalue weighted by molar-refractivity contribution is 6.05. The van der Waals surface area contributed by atoms with E-state index in [1.165, 1.54) is 5.56 Å². The number of nitrogens with zero attached hydrogens (tertiary/aromatic N) is 3. The number of para-hydroxylation sites is 2. The molecule has 0 fully saturated rings. The minimum atomic E-state index is -0.314. The number of imidazole rings is 1. The quantitative estimate of drug-likeness (QED) is 0.189. The number of rotatable bonds is 5. The maximum atomic E-state index is 12.4. The predicted molar refractivity (Wildman–Crippen MR) is 246 cm³/mol. The highest BCUT2D eigenvalue weighted by Gasteiger charge is 2.29. The van der Waals surface area contributed by atoms with E-state index in [1.54, 1.807) is 0 Å². The van der Waals surface area contributed by atoms with E-state index in [9.17, 15) is 5.11 Å². The van der Waals surface area contributed by atoms with E-state index in [0.717, 1.165) is 83.3 Å². The van der Waals surface area contributed by atoms with Gasteiger partial charge in [0.05, 0.1) is 28.0 Å². The van der Waals surface area contributed by atoms with Gasteiger partial charge in [0.15, 0.2) is 0 Å². The first-order chi connectivity index (χ1) is 28.1. The number of aromatic nitrogens is 3. The molecule has 0 atom stereocenters. The van der Waals surface area contributed by atoms with Crippen LogP contribution in [0, 0.1) is 0 Å². The normalized spacial score (nSPS) is 12.6. The molecule has 9 aromatic rings. The van der Waals surface area contributed by atoms with Crippen LogP contribution in [0.4, 0.5) is 0 Å². The van der Waals surface area contributed by atoms with E-state index in [4.69, 9.17) is 14.4 Å². The van der Waals surface area contributed by atoms with Crippen molar-refractivity contribution < 1.29 is 9.52 Å². The number of hydrogen-bond acceptors (Lipinski definition) is 4. The molecule has 0 saturated heterocycles. The fraction of sp³-hybridized carbons (Fsp3) is 0.222. The highest BCUT2D eigenvalue weighted by Crippen LogP contribution is 2.46. The molecule has 1 N–H and O–H groups in total. The fourth-order valence-electron chi connectivity index (χ4n) is 8.24. The Labute approximate surface area is 347 Å². The summed E-state index contributed by atoms with van der Waals surface area (Å²) in [6.45, 7) is 19.9. The third-order valence-corrected chi connectivity index (χ3v) is 11.6. The summed E-state index contributed by atoms with van der Waals surface area (Å²) in [6, 6.07) is 46.7. The van der Waals surface area contributed by atoms with Crippen molar-refractivity contribution in [2.45, 2.75) is 78.6 Å². The van der Waals surface area contributed by atoms with Crippen molar-refractivity contribution in [3.8, 4) is 56.3 Å². The van der Waals surface area contributed by atoms with Gasteiger partial charge in [-0.05, 0) is 74.9 Å². The predicted octanol–water partition coefficient (Wildman–Crippen LogP) is 14.6. The third-order valence-electron chi connectivity index (χ3n) is 11.6. The van der Waals surface area contributed by atoms with E-state index < -0.39 is 0 Å². The molecule has 0 amide bonds. The summed E-state index contributed by atoms with van der Waals surface area (Å²) >= 11 is 0. The number of benzene rings is 6. The molecule has 5 heteroatoms. The topological polar surface area (TPSA) is 64.1 Å². The zero-order valence-corrected chi connectivity index (χ0v) is 35.5. The van der Waals surface area contributed by atoms with E-state index >= 15 is 0 Å². The molecule has 59 heavy (non-hydrogen) atoms. The van der Waals surface area contributed by atoms with E-state index in [-0.39, 0.29) is 22.0 Å². The molecule has 9 rings (SSSR count). The Morgan fingerprint density at radius 1 is 0.525 bits per heavy atom. The molecule has 5 nitrogen and oxygen atoms in total. The molecule has 0 unspecified atom stereocenters. The highest BCUT2D eigenvalue weighted by atomic mass is 16.3. The number of phenolic OH excluding ortho intramolecular Hbond substituents is 1. The molecule has 0 spiro atoms. The molecular weight excluding hydrogens is 723 g/mol. The van der Waals surface area contributed by atoms with Gasteiger partial charge >= 0.3 is 0 Å². The summed E-state index contributed by atoms with van der Waals surface area (Å²) in [5.74, 6) is 0.945. The van der Waals surface area contributed by atoms with Crippen LogP contribution < -0.4 is 0 Å². The first-order valence-electron chi connectivity index (χ1n) is 20.5. The molecule has 6 aromatic carbocycles. The third kappa shape index (κ3) is 6.78. The molecule has 0 aliphatic rings. The number of pyridine rings is 1. The van der Waals surface area contributed by atoms with Gasteiger partial charge in [-0.15, -0.1) is 0 Å². The summed E-state index contributed by atoms with van der Waals surface area (Å²) in [4.78, 5) is 10.5. The van der Waals surface area contributed by atoms with Crippen molar-refractivity contribution in [3.05, 3.63) is 156 Å². The van der Waals surface area contributed by atoms with Gasteiger partial charge in [0.25, 0.3) is 0 Å². The number of furan rings is 1. The van der Waals surface area contributed by atoms with Gasteiger partial charge in [0, 0.05) is 45.3 Å². The maximum absolute atomic E-state index is 12.4. The zero-order chi connectivity index (χ0) is 41.4. The van der Waals surface area contributed by atoms with Crippen LogP contribution in [0.15, 0.2) is 144 Å². The number of fused-ring (bicyclic) bond motifs is 4. The van der Waals surface area contributed by atoms with Crippen molar-refractivity contribution >= 4 is 33.0 Å². The minimum Gasteiger partial charge on any atom is -0.507 e. The molecule has 3 heterocycles. The fourth-order valence-corrected chi connectivity index (χ4v) is 8.24. The van der Waals surface area contributed by atoms with Gasteiger partial charge in [-0.1, -0.05) is 153 Å². The van der Waals surface area contributed by atoms with Crippen LogP contribution in [-0.2, 0) is 16.2 Å². The summed E-state index contributed by atoms with van der Waals surface area (Å²) in [6.07, 6.45) is 1.91. The summed E-state index contributed by atoms with van der Waals surface area (Å²) in [7, 11) is 0. The lowest BCUT2D eigenvalue weighted by molar-refractivity contribution is 0.446. The summed E-state index contributed by atoms with van der Waals surface area (Å²) < 4.78 is 8.52. The van der Waals surface area contributed by atoms with Gasteiger partial charge in [-0.2, -0.15) is 0 Å². The average Bonchev–Trinajstić information content (AvgIpc) is 3.78. The van der Waals surface area contributed by atoms with Crippen LogP contribution >= 0.6 is 0 Å². The van der Waals surface area contributed by atoms with Crippen molar-refractivity contribution in [2.24, 2.45) is 0 Å². The molecule has 0 saturated carbocycles. The molecule has 3 aromatic heterocycles. The number of aromatic hydroxyl groups is 1. The van der Waals surface area contributed by atoms with Crippen LogP contribution in [0.1, 0.15) is 79.0 Å². The van der Waals surface area contributed by atoms with E-state index in [1.807, 2.05) is 30.5 Å². The van der Waals surface area contributed by atoms with Gasteiger partial charge in [-0.25, -0.2) is 4.98 Å². The molecular formula is C54H51N3O2. The van der Waals surface area contributed by atoms with Crippen molar-refractivity contribution in [1.29, 1.82) is 0 Å². The summed E-state index contributed by atoms with van der Waals surface area (Å²) in [5.41, 5.74) is 13.9. The second kappa shape index (κ2) is 13.8.